The fourth-order valence-electron chi connectivity index (χ4n) is 2.31. The van der Waals surface area contributed by atoms with Gasteiger partial charge in [-0.1, -0.05) is 17.7 Å². The zero-order valence-electron chi connectivity index (χ0n) is 14.2. The van der Waals surface area contributed by atoms with Gasteiger partial charge in [-0.05, 0) is 52.7 Å². The second-order valence-corrected chi connectivity index (χ2v) is 5.79. The predicted molar refractivity (Wildman–Crippen MR) is 91.9 cm³/mol. The Kier molecular flexibility index (Phi) is 7.66. The van der Waals surface area contributed by atoms with E-state index in [1.165, 1.54) is 28.7 Å². The van der Waals surface area contributed by atoms with Gasteiger partial charge in [0.2, 0.25) is 0 Å². The largest absolute Gasteiger partial charge is 0.293 e. The fourth-order valence-corrected chi connectivity index (χ4v) is 2.31. The lowest BCUT2D eigenvalue weighted by molar-refractivity contribution is -0.698. The molecule has 0 aliphatic rings. The highest BCUT2D eigenvalue weighted by atomic mass is 14.9. The molecule has 0 aromatic carbocycles. The minimum atomic E-state index is 0.908. The number of aliphatic imine (C=N–C) groups is 1. The normalized spacial score (nSPS) is 13.2. The smallest absolute Gasteiger partial charge is 0.171 e. The van der Waals surface area contributed by atoms with Gasteiger partial charge in [0, 0.05) is 30.3 Å². The lowest BCUT2D eigenvalue weighted by atomic mass is 10.2. The van der Waals surface area contributed by atoms with Gasteiger partial charge in [0.1, 0.15) is 6.54 Å². The molecule has 1 heterocycles. The van der Waals surface area contributed by atoms with E-state index >= 15 is 0 Å². The van der Waals surface area contributed by atoms with Crippen LogP contribution in [0.25, 0.3) is 0 Å². The molecule has 114 valence electrons. The van der Waals surface area contributed by atoms with E-state index < -0.39 is 0 Å². The van der Waals surface area contributed by atoms with Gasteiger partial charge < -0.3 is 0 Å². The summed E-state index contributed by atoms with van der Waals surface area (Å²) in [6, 6.07) is 2.21. The third kappa shape index (κ3) is 7.60. The van der Waals surface area contributed by atoms with Gasteiger partial charge in [-0.15, -0.1) is 0 Å². The van der Waals surface area contributed by atoms with Crippen molar-refractivity contribution in [3.05, 3.63) is 52.9 Å². The number of aromatic nitrogens is 1. The molecule has 2 heteroatoms. The number of allylic oxidation sites excluding steroid dienone is 4. The topological polar surface area (TPSA) is 16.2 Å². The summed E-state index contributed by atoms with van der Waals surface area (Å²) in [7, 11) is 0. The Hall–Kier alpha value is -1.70. The molecule has 0 unspecified atom stereocenters. The molecule has 0 radical (unpaired) electrons. The maximum Gasteiger partial charge on any atom is 0.171 e. The molecule has 0 bridgehead atoms. The van der Waals surface area contributed by atoms with E-state index in [0.29, 0.717) is 0 Å². The highest BCUT2D eigenvalue weighted by Crippen LogP contribution is 2.00. The van der Waals surface area contributed by atoms with Crippen LogP contribution in [0.4, 0.5) is 0 Å². The van der Waals surface area contributed by atoms with Gasteiger partial charge in [0.15, 0.2) is 12.4 Å². The molecule has 0 aliphatic heterocycles. The van der Waals surface area contributed by atoms with Gasteiger partial charge in [-0.2, -0.15) is 0 Å². The van der Waals surface area contributed by atoms with E-state index in [-0.39, 0.29) is 0 Å². The molecule has 0 N–H and O–H groups in total. The standard InChI is InChI=1S/C19H29N2/c1-6-16(2)11-17(3)13-20-9-7-8-10-21-14-18(4)12-19(5)15-21/h6,11-15H,7-10H2,1-5H3/q+1/b16-6-,17-11-,20-13+. The van der Waals surface area contributed by atoms with Gasteiger partial charge in [-0.25, -0.2) is 4.57 Å². The van der Waals surface area contributed by atoms with Gasteiger partial charge >= 0.3 is 0 Å². The maximum absolute atomic E-state index is 4.50. The Balaban J connectivity index is 2.30. The molecule has 1 aromatic heterocycles. The highest BCUT2D eigenvalue weighted by Gasteiger charge is 2.02. The monoisotopic (exact) mass is 285 g/mol. The first kappa shape index (κ1) is 17.4. The van der Waals surface area contributed by atoms with Crippen LogP contribution < -0.4 is 4.57 Å². The number of unbranched alkanes of at least 4 members (excludes halogenated alkanes) is 1. The Labute approximate surface area is 129 Å². The van der Waals surface area contributed by atoms with Crippen LogP contribution in [0.2, 0.25) is 0 Å². The van der Waals surface area contributed by atoms with Crippen molar-refractivity contribution >= 4 is 6.21 Å². The maximum atomic E-state index is 4.50. The van der Waals surface area contributed by atoms with Crippen LogP contribution in [0.15, 0.2) is 46.8 Å². The first-order valence-electron chi connectivity index (χ1n) is 7.79. The van der Waals surface area contributed by atoms with Crippen LogP contribution in [0.5, 0.6) is 0 Å². The summed E-state index contributed by atoms with van der Waals surface area (Å²) < 4.78 is 2.29. The molecule has 0 spiro atoms. The molecule has 21 heavy (non-hydrogen) atoms. The number of rotatable bonds is 7. The second kappa shape index (κ2) is 9.28. The van der Waals surface area contributed by atoms with Crippen molar-refractivity contribution in [3.63, 3.8) is 0 Å². The van der Waals surface area contributed by atoms with E-state index in [9.17, 15) is 0 Å². The quantitative estimate of drug-likeness (QED) is 0.306. The summed E-state index contributed by atoms with van der Waals surface area (Å²) >= 11 is 0. The van der Waals surface area contributed by atoms with E-state index in [1.54, 1.807) is 0 Å². The average molecular weight is 285 g/mol. The SMILES string of the molecule is C\C=C(C)/C=C(C)\C=N\CCCC[n+]1cc(C)cc(C)c1. The minimum Gasteiger partial charge on any atom is -0.293 e. The molecule has 0 aliphatic carbocycles. The predicted octanol–water partition coefficient (Wildman–Crippen LogP) is 4.35. The number of nitrogens with zero attached hydrogens (tertiary/aromatic N) is 2. The molecule has 2 nitrogen and oxygen atoms in total. The Morgan fingerprint density at radius 2 is 1.76 bits per heavy atom. The van der Waals surface area contributed by atoms with Crippen LogP contribution in [-0.2, 0) is 6.54 Å². The number of hydrogen-bond acceptors (Lipinski definition) is 1. The highest BCUT2D eigenvalue weighted by molar-refractivity contribution is 5.78. The summed E-state index contributed by atoms with van der Waals surface area (Å²) in [5.41, 5.74) is 5.15. The summed E-state index contributed by atoms with van der Waals surface area (Å²) in [4.78, 5) is 4.50. The Morgan fingerprint density at radius 1 is 1.10 bits per heavy atom. The Bertz CT molecular complexity index is 516. The van der Waals surface area contributed by atoms with Crippen molar-refractivity contribution in [1.82, 2.24) is 0 Å². The van der Waals surface area contributed by atoms with Gasteiger partial charge in [0.25, 0.3) is 0 Å². The van der Waals surface area contributed by atoms with Crippen LogP contribution in [-0.4, -0.2) is 12.8 Å². The Morgan fingerprint density at radius 3 is 2.38 bits per heavy atom. The molecule has 0 saturated heterocycles. The third-order valence-corrected chi connectivity index (χ3v) is 3.35. The van der Waals surface area contributed by atoms with Crippen molar-refractivity contribution in [2.45, 2.75) is 54.0 Å². The van der Waals surface area contributed by atoms with E-state index in [2.05, 4.69) is 74.8 Å². The van der Waals surface area contributed by atoms with Gasteiger partial charge in [-0.3, -0.25) is 4.99 Å². The van der Waals surface area contributed by atoms with Crippen molar-refractivity contribution in [1.29, 1.82) is 0 Å². The fraction of sp³-hybridized carbons (Fsp3) is 0.474. The zero-order chi connectivity index (χ0) is 15.7. The first-order chi connectivity index (χ1) is 10.0. The molecular formula is C19H29N2+. The molecule has 0 atom stereocenters. The summed E-state index contributed by atoms with van der Waals surface area (Å²) in [5.74, 6) is 0. The van der Waals surface area contributed by atoms with Crippen molar-refractivity contribution < 1.29 is 4.57 Å². The van der Waals surface area contributed by atoms with E-state index in [0.717, 1.165) is 19.5 Å². The van der Waals surface area contributed by atoms with Crippen molar-refractivity contribution in [2.24, 2.45) is 4.99 Å². The van der Waals surface area contributed by atoms with Crippen molar-refractivity contribution in [2.75, 3.05) is 6.54 Å². The van der Waals surface area contributed by atoms with E-state index in [4.69, 9.17) is 0 Å². The zero-order valence-corrected chi connectivity index (χ0v) is 14.2. The molecule has 1 rings (SSSR count). The molecule has 0 fully saturated rings. The summed E-state index contributed by atoms with van der Waals surface area (Å²) in [6.45, 7) is 12.5. The molecular weight excluding hydrogens is 256 g/mol. The lowest BCUT2D eigenvalue weighted by Gasteiger charge is -1.99. The molecule has 0 amide bonds. The molecule has 0 saturated carbocycles. The first-order valence-corrected chi connectivity index (χ1v) is 7.79. The van der Waals surface area contributed by atoms with Crippen LogP contribution in [0.1, 0.15) is 44.7 Å². The number of hydrogen-bond donors (Lipinski definition) is 0. The lowest BCUT2D eigenvalue weighted by Crippen LogP contribution is -2.33. The molecule has 1 aromatic rings. The number of pyridine rings is 1. The average Bonchev–Trinajstić information content (AvgIpc) is 2.41. The van der Waals surface area contributed by atoms with Crippen molar-refractivity contribution in [3.8, 4) is 0 Å². The van der Waals surface area contributed by atoms with Gasteiger partial charge in [0.05, 0.1) is 0 Å². The second-order valence-electron chi connectivity index (χ2n) is 5.79. The van der Waals surface area contributed by atoms with Crippen LogP contribution in [0, 0.1) is 13.8 Å². The van der Waals surface area contributed by atoms with Crippen LogP contribution >= 0.6 is 0 Å². The summed E-state index contributed by atoms with van der Waals surface area (Å²) in [5, 5.41) is 0. The van der Waals surface area contributed by atoms with Crippen LogP contribution in [0.3, 0.4) is 0 Å². The minimum absolute atomic E-state index is 0.908. The van der Waals surface area contributed by atoms with E-state index in [1.807, 2.05) is 6.21 Å². The third-order valence-electron chi connectivity index (χ3n) is 3.35. The number of aryl methyl sites for hydroxylation is 3. The summed E-state index contributed by atoms with van der Waals surface area (Å²) in [6.07, 6.45) is 13.0.